The van der Waals surface area contributed by atoms with E-state index in [-0.39, 0.29) is 40.0 Å². The molecule has 0 saturated carbocycles. The van der Waals surface area contributed by atoms with Crippen molar-refractivity contribution in [3.8, 4) is 0 Å². The molecule has 0 nitrogen and oxygen atoms in total. The fraction of sp³-hybridized carbons (Fsp3) is 0.714. The van der Waals surface area contributed by atoms with Gasteiger partial charge in [-0.3, -0.25) is 5.57 Å². The van der Waals surface area contributed by atoms with Gasteiger partial charge in [0, 0.05) is 0 Å². The Balaban J connectivity index is -0.000000245. The molecule has 0 spiro atoms. The summed E-state index contributed by atoms with van der Waals surface area (Å²) in [5.41, 5.74) is 4.77. The molecule has 0 atom stereocenters. The van der Waals surface area contributed by atoms with Crippen molar-refractivity contribution in [1.29, 1.82) is 0 Å². The molecule has 0 bridgehead atoms. The van der Waals surface area contributed by atoms with E-state index in [9.17, 15) is 0 Å². The minimum Gasteiger partial charge on any atom is -1.00 e. The van der Waals surface area contributed by atoms with E-state index >= 15 is 0 Å². The number of hydrogen-bond donors (Lipinski definition) is 0. The predicted molar refractivity (Wildman–Crippen MR) is 47.2 cm³/mol. The van der Waals surface area contributed by atoms with Gasteiger partial charge in [0.1, 0.15) is 0 Å². The molecular weight excluding hydrogens is 216 g/mol. The van der Waals surface area contributed by atoms with Crippen molar-refractivity contribution in [2.45, 2.75) is 33.5 Å². The summed E-state index contributed by atoms with van der Waals surface area (Å²) in [7, 11) is -1.01. The van der Waals surface area contributed by atoms with Crippen molar-refractivity contribution >= 4 is 31.1 Å². The van der Waals surface area contributed by atoms with Crippen LogP contribution in [0.1, 0.15) is 13.8 Å². The SMILES string of the molecule is CC(C)=[C-][Si](C)(C)C.[Br-].[Mg+2]. The first-order valence-electron chi connectivity index (χ1n) is 3.00. The van der Waals surface area contributed by atoms with Gasteiger partial charge < -0.3 is 22.7 Å². The number of halogens is 1. The average molecular weight is 231 g/mol. The number of hydrogen-bond acceptors (Lipinski definition) is 0. The molecule has 0 aromatic carbocycles. The second-order valence-corrected chi connectivity index (χ2v) is 8.12. The topological polar surface area (TPSA) is 0 Å². The second kappa shape index (κ2) is 6.89. The molecule has 0 aliphatic rings. The summed E-state index contributed by atoms with van der Waals surface area (Å²) in [6.07, 6.45) is 0. The fourth-order valence-corrected chi connectivity index (χ4v) is 2.25. The molecule has 0 aliphatic heterocycles. The minimum absolute atomic E-state index is 0. The standard InChI is InChI=1S/C7H15Si.BrH.Mg/c1-7(2)6-8(3,4)5;;/h1-5H3;1H;/q-1;;+2/p-1. The van der Waals surface area contributed by atoms with Crippen molar-refractivity contribution in [2.75, 3.05) is 0 Å². The van der Waals surface area contributed by atoms with E-state index < -0.39 is 8.07 Å². The van der Waals surface area contributed by atoms with Gasteiger partial charge in [-0.1, -0.05) is 33.5 Å². The molecule has 0 fully saturated rings. The molecule has 3 heteroatoms. The van der Waals surface area contributed by atoms with Crippen LogP contribution in [0.25, 0.3) is 0 Å². The molecule has 0 saturated heterocycles. The van der Waals surface area contributed by atoms with Crippen LogP contribution in [0.3, 0.4) is 0 Å². The molecule has 0 aromatic rings. The normalized spacial score (nSPS) is 8.90. The zero-order valence-electron chi connectivity index (χ0n) is 7.59. The smallest absolute Gasteiger partial charge is 1.00 e. The fourth-order valence-electron chi connectivity index (χ4n) is 0.750. The Morgan fingerprint density at radius 2 is 1.40 bits per heavy atom. The quantitative estimate of drug-likeness (QED) is 0.412. The molecule has 0 aromatic heterocycles. The summed E-state index contributed by atoms with van der Waals surface area (Å²) >= 11 is 0. The second-order valence-electron chi connectivity index (χ2n) is 3.38. The van der Waals surface area contributed by atoms with Gasteiger partial charge in [0.15, 0.2) is 0 Å². The van der Waals surface area contributed by atoms with Gasteiger partial charge in [-0.2, -0.15) is 0 Å². The Kier molecular flexibility index (Phi) is 11.9. The van der Waals surface area contributed by atoms with Crippen LogP contribution in [0, 0.1) is 5.70 Å². The van der Waals surface area contributed by atoms with E-state index in [4.69, 9.17) is 0 Å². The van der Waals surface area contributed by atoms with E-state index in [0.717, 1.165) is 0 Å². The first kappa shape index (κ1) is 17.3. The van der Waals surface area contributed by atoms with Crippen molar-refractivity contribution in [3.63, 3.8) is 0 Å². The molecule has 0 amide bonds. The number of allylic oxidation sites excluding steroid dienone is 1. The maximum Gasteiger partial charge on any atom is 2.00 e. The molecule has 0 heterocycles. The monoisotopic (exact) mass is 230 g/mol. The van der Waals surface area contributed by atoms with Gasteiger partial charge in [-0.15, -0.1) is 8.07 Å². The van der Waals surface area contributed by atoms with Crippen molar-refractivity contribution in [3.05, 3.63) is 11.3 Å². The van der Waals surface area contributed by atoms with E-state index in [1.54, 1.807) is 0 Å². The van der Waals surface area contributed by atoms with E-state index in [2.05, 4.69) is 39.2 Å². The predicted octanol–water partition coefficient (Wildman–Crippen LogP) is -0.744. The summed E-state index contributed by atoms with van der Waals surface area (Å²) in [5.74, 6) is 0. The van der Waals surface area contributed by atoms with Gasteiger partial charge in [0.05, 0.1) is 0 Å². The summed E-state index contributed by atoms with van der Waals surface area (Å²) < 4.78 is 0. The van der Waals surface area contributed by atoms with Crippen molar-refractivity contribution in [1.82, 2.24) is 0 Å². The summed E-state index contributed by atoms with van der Waals surface area (Å²) in [4.78, 5) is 0. The Labute approximate surface area is 92.4 Å². The van der Waals surface area contributed by atoms with Crippen LogP contribution in [-0.2, 0) is 0 Å². The zero-order chi connectivity index (χ0) is 6.78. The first-order chi connectivity index (χ1) is 3.42. The number of rotatable bonds is 1. The van der Waals surface area contributed by atoms with Crippen LogP contribution in [-0.4, -0.2) is 31.1 Å². The molecule has 0 unspecified atom stereocenters. The van der Waals surface area contributed by atoms with Crippen molar-refractivity contribution in [2.24, 2.45) is 0 Å². The molecule has 0 N–H and O–H groups in total. The van der Waals surface area contributed by atoms with E-state index in [1.165, 1.54) is 5.57 Å². The van der Waals surface area contributed by atoms with Gasteiger partial charge in [-0.05, 0) is 0 Å². The van der Waals surface area contributed by atoms with E-state index in [1.807, 2.05) is 0 Å². The largest absolute Gasteiger partial charge is 2.00 e. The van der Waals surface area contributed by atoms with Gasteiger partial charge in [0.25, 0.3) is 0 Å². The Hall–Kier alpha value is 1.20. The Morgan fingerprint density at radius 3 is 1.40 bits per heavy atom. The Morgan fingerprint density at radius 1 is 1.10 bits per heavy atom. The molecular formula is C7H15BrMgSi. The van der Waals surface area contributed by atoms with Gasteiger partial charge >= 0.3 is 23.1 Å². The summed E-state index contributed by atoms with van der Waals surface area (Å²) in [5, 5.41) is 0. The maximum absolute atomic E-state index is 3.44. The molecule has 0 radical (unpaired) electrons. The molecule has 0 rings (SSSR count). The van der Waals surface area contributed by atoms with Crippen LogP contribution < -0.4 is 17.0 Å². The Bertz CT molecular complexity index is 101. The van der Waals surface area contributed by atoms with Crippen LogP contribution in [0.5, 0.6) is 0 Å². The van der Waals surface area contributed by atoms with Crippen LogP contribution in [0.15, 0.2) is 5.57 Å². The zero-order valence-corrected chi connectivity index (χ0v) is 11.6. The third-order valence-corrected chi connectivity index (χ3v) is 1.88. The van der Waals surface area contributed by atoms with Crippen molar-refractivity contribution < 1.29 is 17.0 Å². The molecule has 10 heavy (non-hydrogen) atoms. The summed E-state index contributed by atoms with van der Waals surface area (Å²) in [6, 6.07) is 0. The first-order valence-corrected chi connectivity index (χ1v) is 6.50. The average Bonchev–Trinajstić information content (AvgIpc) is 1.21. The van der Waals surface area contributed by atoms with Crippen LogP contribution in [0.4, 0.5) is 0 Å². The van der Waals surface area contributed by atoms with Gasteiger partial charge in [-0.25, -0.2) is 0 Å². The van der Waals surface area contributed by atoms with E-state index in [0.29, 0.717) is 0 Å². The third-order valence-electron chi connectivity index (χ3n) is 0.625. The minimum atomic E-state index is -1.01. The van der Waals surface area contributed by atoms with Crippen LogP contribution in [0.2, 0.25) is 19.6 Å². The van der Waals surface area contributed by atoms with Crippen LogP contribution >= 0.6 is 0 Å². The molecule has 56 valence electrons. The molecule has 0 aliphatic carbocycles. The van der Waals surface area contributed by atoms with Gasteiger partial charge in [0.2, 0.25) is 0 Å². The third kappa shape index (κ3) is 16.1. The maximum atomic E-state index is 3.44. The summed E-state index contributed by atoms with van der Waals surface area (Å²) in [6.45, 7) is 11.1.